The van der Waals surface area contributed by atoms with Crippen LogP contribution in [0.1, 0.15) is 12.5 Å². The van der Waals surface area contributed by atoms with Crippen molar-refractivity contribution in [2.45, 2.75) is 19.4 Å². The van der Waals surface area contributed by atoms with E-state index in [0.717, 1.165) is 5.56 Å². The Labute approximate surface area is 109 Å². The number of carbonyl (C=O) groups is 3. The van der Waals surface area contributed by atoms with E-state index in [2.05, 4.69) is 16.0 Å². The summed E-state index contributed by atoms with van der Waals surface area (Å²) >= 11 is 0. The molecule has 1 aromatic carbocycles. The first-order valence-electron chi connectivity index (χ1n) is 5.53. The molecule has 5 N–H and O–H groups in total. The van der Waals surface area contributed by atoms with Crippen molar-refractivity contribution in [1.82, 2.24) is 10.6 Å². The molecule has 1 aromatic rings. The molecule has 0 radical (unpaired) electrons. The molecule has 0 aliphatic carbocycles. The molecule has 0 spiro atoms. The molecule has 19 heavy (non-hydrogen) atoms. The molecule has 102 valence electrons. The number of rotatable bonds is 3. The SMILES string of the molecule is CC(=O)Nc1ccccc1CC1NC(=O)NC1=O.O. The van der Waals surface area contributed by atoms with Gasteiger partial charge in [0.25, 0.3) is 5.91 Å². The summed E-state index contributed by atoms with van der Waals surface area (Å²) in [5.74, 6) is -0.528. The Balaban J connectivity index is 0.00000180. The van der Waals surface area contributed by atoms with Crippen molar-refractivity contribution < 1.29 is 19.9 Å². The number of imide groups is 1. The van der Waals surface area contributed by atoms with Gasteiger partial charge in [0.05, 0.1) is 0 Å². The molecule has 1 atom stereocenters. The van der Waals surface area contributed by atoms with E-state index in [9.17, 15) is 14.4 Å². The van der Waals surface area contributed by atoms with Crippen molar-refractivity contribution in [3.8, 4) is 0 Å². The van der Waals surface area contributed by atoms with Crippen molar-refractivity contribution in [3.63, 3.8) is 0 Å². The van der Waals surface area contributed by atoms with E-state index < -0.39 is 12.1 Å². The maximum absolute atomic E-state index is 11.4. The quantitative estimate of drug-likeness (QED) is 0.643. The maximum atomic E-state index is 11.4. The van der Waals surface area contributed by atoms with Gasteiger partial charge in [-0.1, -0.05) is 18.2 Å². The van der Waals surface area contributed by atoms with Gasteiger partial charge in [-0.25, -0.2) is 4.79 Å². The molecule has 0 saturated carbocycles. The van der Waals surface area contributed by atoms with Gasteiger partial charge >= 0.3 is 6.03 Å². The van der Waals surface area contributed by atoms with Crippen molar-refractivity contribution >= 4 is 23.5 Å². The molecule has 1 unspecified atom stereocenters. The summed E-state index contributed by atoms with van der Waals surface area (Å²) in [5, 5.41) is 7.38. The van der Waals surface area contributed by atoms with Crippen LogP contribution in [0.3, 0.4) is 0 Å². The summed E-state index contributed by atoms with van der Waals surface area (Å²) < 4.78 is 0. The van der Waals surface area contributed by atoms with Crippen LogP contribution in [-0.2, 0) is 16.0 Å². The highest BCUT2D eigenvalue weighted by molar-refractivity contribution is 6.04. The van der Waals surface area contributed by atoms with Gasteiger partial charge < -0.3 is 16.1 Å². The van der Waals surface area contributed by atoms with Gasteiger partial charge in [-0.15, -0.1) is 0 Å². The Bertz CT molecular complexity index is 515. The van der Waals surface area contributed by atoms with E-state index in [1.54, 1.807) is 12.1 Å². The molecular formula is C12H15N3O4. The predicted molar refractivity (Wildman–Crippen MR) is 68.5 cm³/mol. The first-order valence-corrected chi connectivity index (χ1v) is 5.53. The van der Waals surface area contributed by atoms with Crippen LogP contribution in [0, 0.1) is 0 Å². The first-order chi connectivity index (χ1) is 8.56. The highest BCUT2D eigenvalue weighted by Gasteiger charge is 2.29. The van der Waals surface area contributed by atoms with E-state index in [1.807, 2.05) is 12.1 Å². The Morgan fingerprint density at radius 2 is 2.00 bits per heavy atom. The molecule has 7 nitrogen and oxygen atoms in total. The Kier molecular flexibility index (Phi) is 4.60. The van der Waals surface area contributed by atoms with Gasteiger partial charge in [0, 0.05) is 19.0 Å². The van der Waals surface area contributed by atoms with Gasteiger partial charge in [-0.2, -0.15) is 0 Å². The van der Waals surface area contributed by atoms with E-state index in [-0.39, 0.29) is 17.3 Å². The maximum Gasteiger partial charge on any atom is 0.322 e. The van der Waals surface area contributed by atoms with Crippen LogP contribution in [0.25, 0.3) is 0 Å². The van der Waals surface area contributed by atoms with Gasteiger partial charge in [0.15, 0.2) is 0 Å². The summed E-state index contributed by atoms with van der Waals surface area (Å²) in [5.41, 5.74) is 1.45. The van der Waals surface area contributed by atoms with Crippen molar-refractivity contribution in [2.24, 2.45) is 0 Å². The molecule has 2 rings (SSSR count). The number of para-hydroxylation sites is 1. The lowest BCUT2D eigenvalue weighted by Crippen LogP contribution is -2.31. The number of urea groups is 1. The van der Waals surface area contributed by atoms with Crippen LogP contribution in [0.5, 0.6) is 0 Å². The van der Waals surface area contributed by atoms with Crippen molar-refractivity contribution in [1.29, 1.82) is 0 Å². The minimum Gasteiger partial charge on any atom is -0.412 e. The highest BCUT2D eigenvalue weighted by Crippen LogP contribution is 2.17. The molecule has 1 saturated heterocycles. The standard InChI is InChI=1S/C12H13N3O3.H2O/c1-7(16)13-9-5-3-2-4-8(9)6-10-11(17)15-12(18)14-10;/h2-5,10H,6H2,1H3,(H,13,16)(H2,14,15,17,18);1H2. The Morgan fingerprint density at radius 1 is 1.32 bits per heavy atom. The fraction of sp³-hybridized carbons (Fsp3) is 0.250. The largest absolute Gasteiger partial charge is 0.412 e. The van der Waals surface area contributed by atoms with E-state index in [0.29, 0.717) is 12.1 Å². The fourth-order valence-corrected chi connectivity index (χ4v) is 1.83. The predicted octanol–water partition coefficient (Wildman–Crippen LogP) is -0.429. The van der Waals surface area contributed by atoms with E-state index in [4.69, 9.17) is 0 Å². The van der Waals surface area contributed by atoms with E-state index in [1.165, 1.54) is 6.92 Å². The smallest absolute Gasteiger partial charge is 0.322 e. The normalized spacial score (nSPS) is 17.2. The zero-order valence-electron chi connectivity index (χ0n) is 10.3. The molecule has 0 aromatic heterocycles. The second kappa shape index (κ2) is 5.96. The topological polar surface area (TPSA) is 119 Å². The number of hydrogen-bond donors (Lipinski definition) is 3. The van der Waals surface area contributed by atoms with Gasteiger partial charge in [0.2, 0.25) is 5.91 Å². The second-order valence-corrected chi connectivity index (χ2v) is 4.06. The third-order valence-corrected chi connectivity index (χ3v) is 2.61. The van der Waals surface area contributed by atoms with Crippen LogP contribution in [-0.4, -0.2) is 29.4 Å². The number of benzene rings is 1. The minimum absolute atomic E-state index is 0. The minimum atomic E-state index is -0.590. The summed E-state index contributed by atoms with van der Waals surface area (Å²) in [7, 11) is 0. The van der Waals surface area contributed by atoms with Crippen LogP contribution in [0.15, 0.2) is 24.3 Å². The molecule has 1 aliphatic rings. The average molecular weight is 265 g/mol. The molecule has 7 heteroatoms. The summed E-state index contributed by atoms with van der Waals surface area (Å²) in [6.45, 7) is 1.42. The Morgan fingerprint density at radius 3 is 2.58 bits per heavy atom. The lowest BCUT2D eigenvalue weighted by Gasteiger charge is -2.12. The van der Waals surface area contributed by atoms with Crippen LogP contribution in [0.2, 0.25) is 0 Å². The van der Waals surface area contributed by atoms with Gasteiger partial charge in [-0.05, 0) is 11.6 Å². The molecule has 1 aliphatic heterocycles. The van der Waals surface area contributed by atoms with Gasteiger partial charge in [0.1, 0.15) is 6.04 Å². The molecular weight excluding hydrogens is 250 g/mol. The third kappa shape index (κ3) is 3.52. The van der Waals surface area contributed by atoms with E-state index >= 15 is 0 Å². The number of anilines is 1. The summed E-state index contributed by atoms with van der Waals surface area (Å²) in [4.78, 5) is 33.5. The summed E-state index contributed by atoms with van der Waals surface area (Å²) in [6, 6.07) is 6.10. The molecule has 1 fully saturated rings. The average Bonchev–Trinajstić information content (AvgIpc) is 2.59. The number of hydrogen-bond acceptors (Lipinski definition) is 3. The van der Waals surface area contributed by atoms with Gasteiger partial charge in [-0.3, -0.25) is 14.9 Å². The fourth-order valence-electron chi connectivity index (χ4n) is 1.83. The summed E-state index contributed by atoms with van der Waals surface area (Å²) in [6.07, 6.45) is 0.341. The van der Waals surface area contributed by atoms with Crippen LogP contribution >= 0.6 is 0 Å². The zero-order chi connectivity index (χ0) is 13.1. The zero-order valence-corrected chi connectivity index (χ0v) is 10.3. The first kappa shape index (κ1) is 14.7. The van der Waals surface area contributed by atoms with Crippen molar-refractivity contribution in [2.75, 3.05) is 5.32 Å². The number of nitrogens with one attached hydrogen (secondary N) is 3. The van der Waals surface area contributed by atoms with Crippen molar-refractivity contribution in [3.05, 3.63) is 29.8 Å². The Hall–Kier alpha value is -2.41. The van der Waals surface area contributed by atoms with Crippen LogP contribution in [0.4, 0.5) is 10.5 Å². The second-order valence-electron chi connectivity index (χ2n) is 4.06. The monoisotopic (exact) mass is 265 g/mol. The lowest BCUT2D eigenvalue weighted by atomic mass is 10.0. The third-order valence-electron chi connectivity index (χ3n) is 2.61. The number of carbonyl (C=O) groups excluding carboxylic acids is 3. The molecule has 4 amide bonds. The molecule has 0 bridgehead atoms. The van der Waals surface area contributed by atoms with Crippen LogP contribution < -0.4 is 16.0 Å². The highest BCUT2D eigenvalue weighted by atomic mass is 16.2. The number of amides is 4. The lowest BCUT2D eigenvalue weighted by molar-refractivity contribution is -0.120. The molecule has 1 heterocycles.